The Labute approximate surface area is 122 Å². The van der Waals surface area contributed by atoms with Gasteiger partial charge in [0.05, 0.1) is 5.56 Å². The number of carbonyl (C=O) groups is 2. The van der Waals surface area contributed by atoms with E-state index in [1.807, 2.05) is 0 Å². The molecule has 0 saturated heterocycles. The van der Waals surface area contributed by atoms with Crippen molar-refractivity contribution in [3.63, 3.8) is 0 Å². The normalized spacial score (nSPS) is 17.2. The molecule has 0 heterocycles. The summed E-state index contributed by atoms with van der Waals surface area (Å²) in [5.74, 6) is -2.39. The molecule has 0 bridgehead atoms. The van der Waals surface area contributed by atoms with Gasteiger partial charge in [-0.15, -0.1) is 0 Å². The van der Waals surface area contributed by atoms with Crippen molar-refractivity contribution in [2.75, 3.05) is 5.73 Å². The molecule has 0 radical (unpaired) electrons. The third kappa shape index (κ3) is 3.71. The molecule has 1 fully saturated rings. The van der Waals surface area contributed by atoms with Crippen LogP contribution in [-0.4, -0.2) is 23.0 Å². The third-order valence-corrected chi connectivity index (χ3v) is 3.93. The topological polar surface area (TPSA) is 92.4 Å². The first-order valence-corrected chi connectivity index (χ1v) is 7.07. The summed E-state index contributed by atoms with van der Waals surface area (Å²) in [5.41, 5.74) is 5.74. The highest BCUT2D eigenvalue weighted by molar-refractivity contribution is 6.00. The molecular formula is C15H19FN2O3. The quantitative estimate of drug-likeness (QED) is 0.742. The second-order valence-corrected chi connectivity index (χ2v) is 5.42. The zero-order valence-corrected chi connectivity index (χ0v) is 11.6. The number of halogens is 1. The maximum atomic E-state index is 13.2. The van der Waals surface area contributed by atoms with E-state index in [2.05, 4.69) is 5.32 Å². The molecular weight excluding hydrogens is 275 g/mol. The van der Waals surface area contributed by atoms with E-state index < -0.39 is 23.7 Å². The Morgan fingerprint density at radius 2 is 1.95 bits per heavy atom. The van der Waals surface area contributed by atoms with Gasteiger partial charge in [-0.2, -0.15) is 0 Å². The van der Waals surface area contributed by atoms with Gasteiger partial charge in [-0.3, -0.25) is 4.79 Å². The number of carbonyl (C=O) groups excluding carboxylic acids is 1. The van der Waals surface area contributed by atoms with Crippen LogP contribution in [0.1, 0.15) is 42.5 Å². The number of aliphatic carboxylic acids is 1. The Hall–Kier alpha value is -2.11. The van der Waals surface area contributed by atoms with Gasteiger partial charge in [-0.05, 0) is 37.0 Å². The monoisotopic (exact) mass is 294 g/mol. The van der Waals surface area contributed by atoms with Crippen LogP contribution in [0, 0.1) is 11.7 Å². The lowest BCUT2D eigenvalue weighted by Crippen LogP contribution is -2.46. The molecule has 1 aromatic carbocycles. The van der Waals surface area contributed by atoms with E-state index in [0.717, 1.165) is 44.2 Å². The Bertz CT molecular complexity index is 542. The van der Waals surface area contributed by atoms with E-state index >= 15 is 0 Å². The zero-order chi connectivity index (χ0) is 15.4. The maximum absolute atomic E-state index is 13.2. The molecule has 0 aromatic heterocycles. The van der Waals surface area contributed by atoms with Gasteiger partial charge < -0.3 is 16.2 Å². The molecule has 1 unspecified atom stereocenters. The van der Waals surface area contributed by atoms with Crippen LogP contribution in [-0.2, 0) is 4.79 Å². The van der Waals surface area contributed by atoms with Crippen molar-refractivity contribution in [2.45, 2.75) is 38.1 Å². The summed E-state index contributed by atoms with van der Waals surface area (Å²) in [6.07, 6.45) is 4.57. The van der Waals surface area contributed by atoms with E-state index in [0.29, 0.717) is 0 Å². The molecule has 1 aliphatic rings. The van der Waals surface area contributed by atoms with Gasteiger partial charge in [-0.25, -0.2) is 9.18 Å². The van der Waals surface area contributed by atoms with Crippen molar-refractivity contribution in [1.29, 1.82) is 0 Å². The molecule has 114 valence electrons. The van der Waals surface area contributed by atoms with Gasteiger partial charge in [0, 0.05) is 5.69 Å². The molecule has 0 spiro atoms. The number of hydrogen-bond donors (Lipinski definition) is 3. The minimum atomic E-state index is -1.06. The molecule has 1 amide bonds. The molecule has 1 saturated carbocycles. The Morgan fingerprint density at radius 1 is 1.29 bits per heavy atom. The number of anilines is 1. The van der Waals surface area contributed by atoms with Crippen LogP contribution < -0.4 is 11.1 Å². The van der Waals surface area contributed by atoms with Gasteiger partial charge in [0.25, 0.3) is 5.91 Å². The number of carboxylic acid groups (broad SMARTS) is 1. The number of benzene rings is 1. The molecule has 2 rings (SSSR count). The Kier molecular flexibility index (Phi) is 4.77. The fourth-order valence-electron chi connectivity index (χ4n) is 2.79. The summed E-state index contributed by atoms with van der Waals surface area (Å²) in [7, 11) is 0. The number of carboxylic acids is 1. The van der Waals surface area contributed by atoms with Crippen molar-refractivity contribution in [3.8, 4) is 0 Å². The number of nitrogens with one attached hydrogen (secondary N) is 1. The zero-order valence-electron chi connectivity index (χ0n) is 11.6. The van der Waals surface area contributed by atoms with Crippen molar-refractivity contribution < 1.29 is 19.1 Å². The number of nitrogens with two attached hydrogens (primary N) is 1. The molecule has 6 heteroatoms. The standard InChI is InChI=1S/C15H19FN2O3/c16-10-6-7-12(17)11(8-10)14(19)18-13(15(20)21)9-4-2-1-3-5-9/h6-9,13H,1-5,17H2,(H,18,19)(H,20,21). The highest BCUT2D eigenvalue weighted by Gasteiger charge is 2.31. The predicted molar refractivity (Wildman–Crippen MR) is 76.3 cm³/mol. The first-order chi connectivity index (χ1) is 9.99. The SMILES string of the molecule is Nc1ccc(F)cc1C(=O)NC(C(=O)O)C1CCCCC1. The van der Waals surface area contributed by atoms with E-state index in [4.69, 9.17) is 5.73 Å². The molecule has 5 nitrogen and oxygen atoms in total. The van der Waals surface area contributed by atoms with Crippen LogP contribution in [0.3, 0.4) is 0 Å². The van der Waals surface area contributed by atoms with Crippen molar-refractivity contribution in [1.82, 2.24) is 5.32 Å². The lowest BCUT2D eigenvalue weighted by atomic mass is 9.84. The Balaban J connectivity index is 2.14. The van der Waals surface area contributed by atoms with Crippen molar-refractivity contribution >= 4 is 17.6 Å². The number of hydrogen-bond acceptors (Lipinski definition) is 3. The summed E-state index contributed by atoms with van der Waals surface area (Å²) in [6, 6.07) is 2.51. The largest absolute Gasteiger partial charge is 0.480 e. The summed E-state index contributed by atoms with van der Waals surface area (Å²) in [6.45, 7) is 0. The molecule has 21 heavy (non-hydrogen) atoms. The summed E-state index contributed by atoms with van der Waals surface area (Å²) >= 11 is 0. The molecule has 1 atom stereocenters. The fraction of sp³-hybridized carbons (Fsp3) is 0.467. The average molecular weight is 294 g/mol. The summed E-state index contributed by atoms with van der Waals surface area (Å²) in [4.78, 5) is 23.6. The van der Waals surface area contributed by atoms with Gasteiger partial charge >= 0.3 is 5.97 Å². The van der Waals surface area contributed by atoms with E-state index in [1.165, 1.54) is 6.07 Å². The minimum Gasteiger partial charge on any atom is -0.480 e. The van der Waals surface area contributed by atoms with Crippen LogP contribution in [0.25, 0.3) is 0 Å². The van der Waals surface area contributed by atoms with Gasteiger partial charge in [0.1, 0.15) is 11.9 Å². The van der Waals surface area contributed by atoms with Gasteiger partial charge in [-0.1, -0.05) is 19.3 Å². The molecule has 4 N–H and O–H groups in total. The maximum Gasteiger partial charge on any atom is 0.326 e. The predicted octanol–water partition coefficient (Wildman–Crippen LogP) is 2.17. The van der Waals surface area contributed by atoms with Gasteiger partial charge in [0.15, 0.2) is 0 Å². The van der Waals surface area contributed by atoms with Gasteiger partial charge in [0.2, 0.25) is 0 Å². The van der Waals surface area contributed by atoms with Crippen molar-refractivity contribution in [2.24, 2.45) is 5.92 Å². The second kappa shape index (κ2) is 6.56. The smallest absolute Gasteiger partial charge is 0.326 e. The van der Waals surface area contributed by atoms with Crippen LogP contribution in [0.2, 0.25) is 0 Å². The van der Waals surface area contributed by atoms with Crippen LogP contribution in [0.4, 0.5) is 10.1 Å². The summed E-state index contributed by atoms with van der Waals surface area (Å²) < 4.78 is 13.2. The number of amides is 1. The lowest BCUT2D eigenvalue weighted by molar-refractivity contribution is -0.141. The van der Waals surface area contributed by atoms with Crippen LogP contribution in [0.15, 0.2) is 18.2 Å². The first-order valence-electron chi connectivity index (χ1n) is 7.07. The molecule has 0 aliphatic heterocycles. The van der Waals surface area contributed by atoms with E-state index in [9.17, 15) is 19.1 Å². The summed E-state index contributed by atoms with van der Waals surface area (Å²) in [5, 5.41) is 11.8. The van der Waals surface area contributed by atoms with Crippen molar-refractivity contribution in [3.05, 3.63) is 29.6 Å². The van der Waals surface area contributed by atoms with E-state index in [1.54, 1.807) is 0 Å². The van der Waals surface area contributed by atoms with Crippen LogP contribution >= 0.6 is 0 Å². The number of nitrogen functional groups attached to an aromatic ring is 1. The fourth-order valence-corrected chi connectivity index (χ4v) is 2.79. The minimum absolute atomic E-state index is 0.0305. The van der Waals surface area contributed by atoms with Crippen LogP contribution in [0.5, 0.6) is 0 Å². The Morgan fingerprint density at radius 3 is 2.57 bits per heavy atom. The molecule has 1 aromatic rings. The lowest BCUT2D eigenvalue weighted by Gasteiger charge is -2.28. The second-order valence-electron chi connectivity index (χ2n) is 5.42. The first kappa shape index (κ1) is 15.3. The highest BCUT2D eigenvalue weighted by atomic mass is 19.1. The highest BCUT2D eigenvalue weighted by Crippen LogP contribution is 2.27. The van der Waals surface area contributed by atoms with E-state index in [-0.39, 0.29) is 17.2 Å². The molecule has 1 aliphatic carbocycles. The third-order valence-electron chi connectivity index (χ3n) is 3.93. The number of rotatable bonds is 4. The average Bonchev–Trinajstić information content (AvgIpc) is 2.47.